The Morgan fingerprint density at radius 1 is 1.11 bits per heavy atom. The average Bonchev–Trinajstić information content (AvgIpc) is 3.48. The molecule has 1 aromatic carbocycles. The Bertz CT molecular complexity index is 1330. The van der Waals surface area contributed by atoms with Gasteiger partial charge in [0.2, 0.25) is 0 Å². The number of hydrogen-bond acceptors (Lipinski definition) is 7. The van der Waals surface area contributed by atoms with Crippen molar-refractivity contribution in [1.82, 2.24) is 9.71 Å². The Labute approximate surface area is 228 Å². The van der Waals surface area contributed by atoms with Gasteiger partial charge in [-0.3, -0.25) is 4.79 Å². The molecular formula is C28H34ClN3O5S. The first-order valence-corrected chi connectivity index (χ1v) is 15.5. The van der Waals surface area contributed by atoms with Gasteiger partial charge < -0.3 is 14.7 Å². The van der Waals surface area contributed by atoms with E-state index in [1.807, 2.05) is 17.0 Å². The predicted molar refractivity (Wildman–Crippen MR) is 144 cm³/mol. The van der Waals surface area contributed by atoms with Crippen molar-refractivity contribution in [2.45, 2.75) is 86.9 Å². The molecule has 1 amide bonds. The lowest BCUT2D eigenvalue weighted by Gasteiger charge is -2.54. The minimum Gasteiger partial charge on any atom is -0.477 e. The van der Waals surface area contributed by atoms with E-state index in [9.17, 15) is 18.3 Å². The van der Waals surface area contributed by atoms with Gasteiger partial charge in [0.05, 0.1) is 6.10 Å². The van der Waals surface area contributed by atoms with Crippen molar-refractivity contribution in [3.63, 3.8) is 0 Å². The summed E-state index contributed by atoms with van der Waals surface area (Å²) < 4.78 is 35.3. The van der Waals surface area contributed by atoms with Gasteiger partial charge in [-0.1, -0.05) is 30.2 Å². The van der Waals surface area contributed by atoms with E-state index in [4.69, 9.17) is 16.3 Å². The minimum absolute atomic E-state index is 0.235. The summed E-state index contributed by atoms with van der Waals surface area (Å²) in [4.78, 5) is 19.8. The van der Waals surface area contributed by atoms with E-state index in [0.717, 1.165) is 31.2 Å². The average molecular weight is 560 g/mol. The van der Waals surface area contributed by atoms with Crippen LogP contribution in [0.5, 0.6) is 5.75 Å². The smallest absolute Gasteiger partial charge is 0.281 e. The number of pyridine rings is 1. The standard InChI is InChI=1S/C28H34ClN3O5S/c29-20-7-8-22(19-16-27(17-19)10-4-11-27)23(15-20)37-28(12-1-2-13-28)26(34)31-38(35,36)25-6-3-5-24(30-25)32-14-9-21(33)18-32/h3,5-8,15,19,21,33H,1-2,4,9-14,16-18H2,(H,31,34)/t21-/m0/s1. The van der Waals surface area contributed by atoms with Crippen LogP contribution in [0.15, 0.2) is 41.4 Å². The Morgan fingerprint density at radius 3 is 2.53 bits per heavy atom. The van der Waals surface area contributed by atoms with Gasteiger partial charge in [0.25, 0.3) is 15.9 Å². The van der Waals surface area contributed by atoms with Crippen LogP contribution in [0.4, 0.5) is 5.82 Å². The number of β-amino-alcohol motifs (C(OH)–C–C–N with tert-alkyl or cyclic N) is 1. The van der Waals surface area contributed by atoms with E-state index in [2.05, 4.69) is 9.71 Å². The number of aromatic nitrogens is 1. The van der Waals surface area contributed by atoms with Crippen molar-refractivity contribution in [1.29, 1.82) is 0 Å². The van der Waals surface area contributed by atoms with E-state index in [1.54, 1.807) is 18.2 Å². The molecule has 4 fully saturated rings. The maximum Gasteiger partial charge on any atom is 0.281 e. The highest BCUT2D eigenvalue weighted by molar-refractivity contribution is 7.90. The molecule has 204 valence electrons. The first-order valence-electron chi connectivity index (χ1n) is 13.6. The molecule has 2 N–H and O–H groups in total. The van der Waals surface area contributed by atoms with Crippen LogP contribution in [-0.2, 0) is 14.8 Å². The van der Waals surface area contributed by atoms with Gasteiger partial charge in [0.15, 0.2) is 10.6 Å². The second kappa shape index (κ2) is 9.68. The largest absolute Gasteiger partial charge is 0.477 e. The molecule has 1 atom stereocenters. The van der Waals surface area contributed by atoms with Gasteiger partial charge in [0.1, 0.15) is 11.6 Å². The molecule has 1 spiro atoms. The molecule has 6 rings (SSSR count). The summed E-state index contributed by atoms with van der Waals surface area (Å²) in [5, 5.41) is 10.1. The summed E-state index contributed by atoms with van der Waals surface area (Å²) in [7, 11) is -4.24. The second-order valence-corrected chi connectivity index (χ2v) is 13.7. The van der Waals surface area contributed by atoms with E-state index in [1.165, 1.54) is 25.3 Å². The maximum atomic E-state index is 13.6. The number of sulfonamides is 1. The van der Waals surface area contributed by atoms with E-state index >= 15 is 0 Å². The number of rotatable bonds is 7. The Morgan fingerprint density at radius 2 is 1.87 bits per heavy atom. The van der Waals surface area contributed by atoms with Crippen molar-refractivity contribution in [3.05, 3.63) is 47.0 Å². The number of hydrogen-bond donors (Lipinski definition) is 2. The fourth-order valence-electron chi connectivity index (χ4n) is 6.70. The molecule has 1 aliphatic heterocycles. The molecule has 0 bridgehead atoms. The number of carbonyl (C=O) groups excluding carboxylic acids is 1. The van der Waals surface area contributed by atoms with Gasteiger partial charge in [-0.25, -0.2) is 9.71 Å². The van der Waals surface area contributed by atoms with E-state index in [-0.39, 0.29) is 5.03 Å². The van der Waals surface area contributed by atoms with Crippen molar-refractivity contribution in [2.24, 2.45) is 5.41 Å². The first kappa shape index (κ1) is 25.9. The lowest BCUT2D eigenvalue weighted by atomic mass is 9.50. The Hall–Kier alpha value is -2.36. The number of aliphatic hydroxyl groups is 1. The van der Waals surface area contributed by atoms with Crippen LogP contribution < -0.4 is 14.4 Å². The molecule has 0 unspecified atom stereocenters. The van der Waals surface area contributed by atoms with Gasteiger partial charge >= 0.3 is 0 Å². The lowest BCUT2D eigenvalue weighted by Crippen LogP contribution is -2.51. The Balaban J connectivity index is 1.22. The molecule has 3 saturated carbocycles. The maximum absolute atomic E-state index is 13.6. The topological polar surface area (TPSA) is 109 Å². The number of ether oxygens (including phenoxy) is 1. The molecule has 2 aromatic rings. The number of anilines is 1. The highest BCUT2D eigenvalue weighted by Crippen LogP contribution is 2.63. The predicted octanol–water partition coefficient (Wildman–Crippen LogP) is 4.55. The fraction of sp³-hybridized carbons (Fsp3) is 0.571. The second-order valence-electron chi connectivity index (χ2n) is 11.6. The highest BCUT2D eigenvalue weighted by Gasteiger charge is 2.50. The number of carbonyl (C=O) groups is 1. The van der Waals surface area contributed by atoms with Crippen LogP contribution in [0, 0.1) is 5.41 Å². The normalized spacial score (nSPS) is 24.2. The SMILES string of the molecule is O=C(NS(=O)(=O)c1cccc(N2CC[C@H](O)C2)n1)C1(Oc2cc(Cl)ccc2C2CC3(CCC3)C2)CCCC1. The summed E-state index contributed by atoms with van der Waals surface area (Å²) in [6.07, 6.45) is 8.62. The molecule has 10 heteroatoms. The van der Waals surface area contributed by atoms with Crippen molar-refractivity contribution >= 4 is 33.3 Å². The summed E-state index contributed by atoms with van der Waals surface area (Å²) in [6, 6.07) is 10.3. The zero-order valence-corrected chi connectivity index (χ0v) is 22.9. The Kier molecular flexibility index (Phi) is 6.60. The molecule has 1 aromatic heterocycles. The molecule has 0 radical (unpaired) electrons. The fourth-order valence-corrected chi connectivity index (χ4v) is 7.87. The number of halogens is 1. The molecule has 38 heavy (non-hydrogen) atoms. The zero-order valence-electron chi connectivity index (χ0n) is 21.4. The molecule has 8 nitrogen and oxygen atoms in total. The summed E-state index contributed by atoms with van der Waals surface area (Å²) in [5.74, 6) is 0.730. The van der Waals surface area contributed by atoms with Crippen molar-refractivity contribution < 1.29 is 23.1 Å². The highest BCUT2D eigenvalue weighted by atomic mass is 35.5. The zero-order chi connectivity index (χ0) is 26.5. The molecule has 4 aliphatic rings. The number of aliphatic hydroxyl groups excluding tert-OH is 1. The van der Waals surface area contributed by atoms with Crippen molar-refractivity contribution in [2.75, 3.05) is 18.0 Å². The molecule has 2 heterocycles. The lowest BCUT2D eigenvalue weighted by molar-refractivity contribution is -0.134. The third-order valence-corrected chi connectivity index (χ3v) is 10.5. The molecular weight excluding hydrogens is 526 g/mol. The van der Waals surface area contributed by atoms with E-state index in [0.29, 0.717) is 60.3 Å². The monoisotopic (exact) mass is 559 g/mol. The third-order valence-electron chi connectivity index (χ3n) is 9.02. The molecule has 3 aliphatic carbocycles. The summed E-state index contributed by atoms with van der Waals surface area (Å²) >= 11 is 6.35. The van der Waals surface area contributed by atoms with Crippen LogP contribution in [0.3, 0.4) is 0 Å². The van der Waals surface area contributed by atoms with Crippen molar-refractivity contribution in [3.8, 4) is 5.75 Å². The van der Waals surface area contributed by atoms with Crippen LogP contribution >= 0.6 is 11.6 Å². The minimum atomic E-state index is -4.24. The molecule has 1 saturated heterocycles. The van der Waals surface area contributed by atoms with Crippen LogP contribution in [0.1, 0.15) is 75.7 Å². The van der Waals surface area contributed by atoms with E-state index < -0.39 is 27.6 Å². The van der Waals surface area contributed by atoms with Gasteiger partial charge in [-0.05, 0) is 98.9 Å². The van der Waals surface area contributed by atoms with Gasteiger partial charge in [-0.15, -0.1) is 0 Å². The number of amides is 1. The third kappa shape index (κ3) is 4.77. The summed E-state index contributed by atoms with van der Waals surface area (Å²) in [5.41, 5.74) is 0.240. The summed E-state index contributed by atoms with van der Waals surface area (Å²) in [6.45, 7) is 0.981. The number of nitrogens with one attached hydrogen (secondary N) is 1. The number of benzene rings is 1. The van der Waals surface area contributed by atoms with Crippen LogP contribution in [-0.4, -0.2) is 49.2 Å². The van der Waals surface area contributed by atoms with Crippen LogP contribution in [0.2, 0.25) is 5.02 Å². The van der Waals surface area contributed by atoms with Crippen LogP contribution in [0.25, 0.3) is 0 Å². The van der Waals surface area contributed by atoms with Gasteiger partial charge in [0, 0.05) is 18.1 Å². The number of nitrogens with zero attached hydrogens (tertiary/aromatic N) is 2. The van der Waals surface area contributed by atoms with Gasteiger partial charge in [-0.2, -0.15) is 8.42 Å². The quantitative estimate of drug-likeness (QED) is 0.512. The first-order chi connectivity index (χ1) is 18.2.